The first-order chi connectivity index (χ1) is 14.5. The summed E-state index contributed by atoms with van der Waals surface area (Å²) in [6.07, 6.45) is 2.00. The van der Waals surface area contributed by atoms with Crippen LogP contribution < -0.4 is 15.4 Å². The molecule has 154 valence electrons. The van der Waals surface area contributed by atoms with Crippen LogP contribution in [0.25, 0.3) is 0 Å². The smallest absolute Gasteiger partial charge is 0.254 e. The number of rotatable bonds is 4. The number of ketones is 1. The molecule has 1 unspecified atom stereocenters. The maximum atomic E-state index is 13.6. The van der Waals surface area contributed by atoms with Gasteiger partial charge in [0.15, 0.2) is 5.78 Å². The van der Waals surface area contributed by atoms with E-state index in [1.165, 1.54) is 18.2 Å². The molecular formula is C24H23FN2O3. The summed E-state index contributed by atoms with van der Waals surface area (Å²) in [6.45, 7) is 1.83. The molecule has 0 spiro atoms. The number of Topliss-reactive ketones (excluding diaryl/α,β-unsaturated/α-hetero) is 1. The highest BCUT2D eigenvalue weighted by atomic mass is 19.1. The van der Waals surface area contributed by atoms with Gasteiger partial charge in [-0.3, -0.25) is 9.59 Å². The molecule has 1 aliphatic heterocycles. The fraction of sp³-hybridized carbons (Fsp3) is 0.250. The minimum absolute atomic E-state index is 0.0418. The third kappa shape index (κ3) is 3.73. The Morgan fingerprint density at radius 3 is 2.73 bits per heavy atom. The van der Waals surface area contributed by atoms with Crippen molar-refractivity contribution >= 4 is 17.4 Å². The highest BCUT2D eigenvalue weighted by molar-refractivity contribution is 6.09. The fourth-order valence-electron chi connectivity index (χ4n) is 4.20. The predicted octanol–water partition coefficient (Wildman–Crippen LogP) is 4.44. The second-order valence-electron chi connectivity index (χ2n) is 7.51. The van der Waals surface area contributed by atoms with Crippen molar-refractivity contribution in [3.05, 3.63) is 82.5 Å². The lowest BCUT2D eigenvalue weighted by Crippen LogP contribution is -2.35. The number of nitrogens with one attached hydrogen (secondary N) is 2. The highest BCUT2D eigenvalue weighted by Crippen LogP contribution is 2.43. The standard InChI is InChI=1S/C24H23FN2O3/c1-14-21(24(29)27-17-8-4-7-16(25)13-17)22(15-6-3-9-18(12-15)30-2)23-19(26-14)10-5-11-20(23)28/h3-4,6-9,12-13,22,26H,5,10-11H2,1-2H3,(H,27,29). The lowest BCUT2D eigenvalue weighted by molar-refractivity contribution is -0.116. The number of ether oxygens (including phenoxy) is 1. The molecule has 4 rings (SSSR count). The first-order valence-corrected chi connectivity index (χ1v) is 9.93. The van der Waals surface area contributed by atoms with E-state index in [0.717, 1.165) is 24.1 Å². The number of dihydropyridines is 1. The van der Waals surface area contributed by atoms with Gasteiger partial charge in [0.25, 0.3) is 5.91 Å². The quantitative estimate of drug-likeness (QED) is 0.788. The number of benzene rings is 2. The second kappa shape index (κ2) is 8.14. The number of hydrogen-bond acceptors (Lipinski definition) is 4. The van der Waals surface area contributed by atoms with Gasteiger partial charge in [0, 0.05) is 40.6 Å². The van der Waals surface area contributed by atoms with E-state index in [9.17, 15) is 14.0 Å². The largest absolute Gasteiger partial charge is 0.497 e. The molecule has 1 atom stereocenters. The number of carbonyl (C=O) groups is 2. The van der Waals surface area contributed by atoms with E-state index in [1.807, 2.05) is 31.2 Å². The summed E-state index contributed by atoms with van der Waals surface area (Å²) < 4.78 is 19.0. The van der Waals surface area contributed by atoms with Crippen LogP contribution in [0.2, 0.25) is 0 Å². The molecule has 0 saturated heterocycles. The maximum Gasteiger partial charge on any atom is 0.254 e. The maximum absolute atomic E-state index is 13.6. The Balaban J connectivity index is 1.80. The number of halogens is 1. The zero-order valence-corrected chi connectivity index (χ0v) is 16.9. The van der Waals surface area contributed by atoms with Crippen LogP contribution in [-0.2, 0) is 9.59 Å². The van der Waals surface area contributed by atoms with Gasteiger partial charge in [-0.25, -0.2) is 4.39 Å². The SMILES string of the molecule is COc1cccc(C2C(C(=O)Nc3cccc(F)c3)=C(C)NC3=C2C(=O)CCC3)c1. The van der Waals surface area contributed by atoms with Crippen LogP contribution in [0.15, 0.2) is 71.1 Å². The van der Waals surface area contributed by atoms with Crippen LogP contribution >= 0.6 is 0 Å². The lowest BCUT2D eigenvalue weighted by atomic mass is 9.75. The zero-order chi connectivity index (χ0) is 21.3. The minimum atomic E-state index is -0.516. The topological polar surface area (TPSA) is 67.4 Å². The number of allylic oxidation sites excluding steroid dienone is 3. The van der Waals surface area contributed by atoms with E-state index in [4.69, 9.17) is 4.74 Å². The average molecular weight is 406 g/mol. The Morgan fingerprint density at radius 2 is 1.97 bits per heavy atom. The van der Waals surface area contributed by atoms with E-state index in [2.05, 4.69) is 10.6 Å². The molecule has 1 heterocycles. The molecule has 30 heavy (non-hydrogen) atoms. The molecule has 5 nitrogen and oxygen atoms in total. The van der Waals surface area contributed by atoms with E-state index in [0.29, 0.717) is 34.7 Å². The van der Waals surface area contributed by atoms with Crippen LogP contribution in [0.1, 0.15) is 37.7 Å². The first kappa shape index (κ1) is 19.9. The summed E-state index contributed by atoms with van der Waals surface area (Å²) in [5.74, 6) is -0.628. The van der Waals surface area contributed by atoms with E-state index >= 15 is 0 Å². The first-order valence-electron chi connectivity index (χ1n) is 9.93. The molecule has 2 N–H and O–H groups in total. The van der Waals surface area contributed by atoms with Crippen molar-refractivity contribution in [3.63, 3.8) is 0 Å². The Kier molecular flexibility index (Phi) is 5.40. The van der Waals surface area contributed by atoms with E-state index in [-0.39, 0.29) is 11.7 Å². The van der Waals surface area contributed by atoms with Crippen molar-refractivity contribution in [2.45, 2.75) is 32.1 Å². The Labute approximate surface area is 174 Å². The second-order valence-corrected chi connectivity index (χ2v) is 7.51. The average Bonchev–Trinajstić information content (AvgIpc) is 2.73. The van der Waals surface area contributed by atoms with Gasteiger partial charge in [-0.1, -0.05) is 18.2 Å². The van der Waals surface area contributed by atoms with Gasteiger partial charge in [-0.05, 0) is 55.7 Å². The van der Waals surface area contributed by atoms with Crippen molar-refractivity contribution in [2.24, 2.45) is 0 Å². The molecule has 1 amide bonds. The molecule has 0 saturated carbocycles. The van der Waals surface area contributed by atoms with Crippen LogP contribution in [0.3, 0.4) is 0 Å². The molecule has 0 bridgehead atoms. The summed E-state index contributed by atoms with van der Waals surface area (Å²) in [4.78, 5) is 26.2. The summed E-state index contributed by atoms with van der Waals surface area (Å²) in [5.41, 5.74) is 3.80. The Bertz CT molecular complexity index is 1090. The number of hydrogen-bond donors (Lipinski definition) is 2. The number of methoxy groups -OCH3 is 1. The third-order valence-corrected chi connectivity index (χ3v) is 5.53. The monoisotopic (exact) mass is 406 g/mol. The van der Waals surface area contributed by atoms with Gasteiger partial charge < -0.3 is 15.4 Å². The lowest BCUT2D eigenvalue weighted by Gasteiger charge is -2.34. The summed E-state index contributed by atoms with van der Waals surface area (Å²) in [7, 11) is 1.58. The summed E-state index contributed by atoms with van der Waals surface area (Å²) in [5, 5.41) is 6.06. The molecule has 2 aliphatic rings. The molecule has 2 aromatic rings. The predicted molar refractivity (Wildman–Crippen MR) is 112 cm³/mol. The molecular weight excluding hydrogens is 383 g/mol. The van der Waals surface area contributed by atoms with Crippen molar-refractivity contribution in [2.75, 3.05) is 12.4 Å². The number of carbonyl (C=O) groups excluding carboxylic acids is 2. The van der Waals surface area contributed by atoms with E-state index in [1.54, 1.807) is 13.2 Å². The van der Waals surface area contributed by atoms with Crippen LogP contribution in [0, 0.1) is 5.82 Å². The van der Waals surface area contributed by atoms with Crippen molar-refractivity contribution in [3.8, 4) is 5.75 Å². The van der Waals surface area contributed by atoms with E-state index < -0.39 is 11.7 Å². The van der Waals surface area contributed by atoms with Crippen molar-refractivity contribution < 1.29 is 18.7 Å². The van der Waals surface area contributed by atoms with Crippen LogP contribution in [0.5, 0.6) is 5.75 Å². The Morgan fingerprint density at radius 1 is 1.17 bits per heavy atom. The van der Waals surface area contributed by atoms with Crippen molar-refractivity contribution in [1.82, 2.24) is 5.32 Å². The number of anilines is 1. The molecule has 0 fully saturated rings. The number of amides is 1. The molecule has 0 aromatic heterocycles. The normalized spacial score (nSPS) is 18.6. The van der Waals surface area contributed by atoms with Crippen LogP contribution in [0.4, 0.5) is 10.1 Å². The highest BCUT2D eigenvalue weighted by Gasteiger charge is 2.38. The van der Waals surface area contributed by atoms with Gasteiger partial charge in [0.2, 0.25) is 0 Å². The molecule has 0 radical (unpaired) electrons. The minimum Gasteiger partial charge on any atom is -0.497 e. The zero-order valence-electron chi connectivity index (χ0n) is 16.9. The van der Waals surface area contributed by atoms with Gasteiger partial charge in [-0.15, -0.1) is 0 Å². The fourth-order valence-corrected chi connectivity index (χ4v) is 4.20. The Hall–Kier alpha value is -3.41. The van der Waals surface area contributed by atoms with Gasteiger partial charge in [0.1, 0.15) is 11.6 Å². The molecule has 6 heteroatoms. The van der Waals surface area contributed by atoms with Crippen molar-refractivity contribution in [1.29, 1.82) is 0 Å². The van der Waals surface area contributed by atoms with Gasteiger partial charge in [0.05, 0.1) is 7.11 Å². The third-order valence-electron chi connectivity index (χ3n) is 5.53. The van der Waals surface area contributed by atoms with Gasteiger partial charge in [-0.2, -0.15) is 0 Å². The van der Waals surface area contributed by atoms with Crippen LogP contribution in [-0.4, -0.2) is 18.8 Å². The summed E-state index contributed by atoms with van der Waals surface area (Å²) >= 11 is 0. The summed E-state index contributed by atoms with van der Waals surface area (Å²) in [6, 6.07) is 13.2. The van der Waals surface area contributed by atoms with Gasteiger partial charge >= 0.3 is 0 Å². The molecule has 1 aliphatic carbocycles. The molecule has 2 aromatic carbocycles.